The van der Waals surface area contributed by atoms with Crippen LogP contribution in [0.4, 0.5) is 10.5 Å². The summed E-state index contributed by atoms with van der Waals surface area (Å²) in [4.78, 5) is 14.0. The van der Waals surface area contributed by atoms with Gasteiger partial charge in [0.1, 0.15) is 5.60 Å². The minimum absolute atomic E-state index is 0.199. The zero-order chi connectivity index (χ0) is 14.6. The average molecular weight is 276 g/mol. The molecule has 1 heterocycles. The predicted octanol–water partition coefficient (Wildman–Crippen LogP) is 3.50. The van der Waals surface area contributed by atoms with E-state index in [9.17, 15) is 4.79 Å². The van der Waals surface area contributed by atoms with Gasteiger partial charge in [-0.15, -0.1) is 0 Å². The molecule has 1 unspecified atom stereocenters. The molecule has 0 radical (unpaired) electrons. The standard InChI is InChI=1S/C16H24N2O2/c1-16(2,3)20-15(19)18-11-7-10-14(18)12-17-13-8-5-4-6-9-13/h4-6,8-9,14,17H,7,10-12H2,1-3H3. The first-order chi connectivity index (χ1) is 9.46. The number of para-hydroxylation sites is 1. The highest BCUT2D eigenvalue weighted by molar-refractivity contribution is 5.69. The maximum Gasteiger partial charge on any atom is 0.410 e. The monoisotopic (exact) mass is 276 g/mol. The maximum absolute atomic E-state index is 12.2. The van der Waals surface area contributed by atoms with Crippen LogP contribution >= 0.6 is 0 Å². The molecule has 2 rings (SSSR count). The van der Waals surface area contributed by atoms with Gasteiger partial charge in [0, 0.05) is 18.8 Å². The normalized spacial score (nSPS) is 18.9. The molecule has 4 nitrogen and oxygen atoms in total. The number of carbonyl (C=O) groups is 1. The Bertz CT molecular complexity index is 440. The van der Waals surface area contributed by atoms with E-state index in [0.29, 0.717) is 0 Å². The lowest BCUT2D eigenvalue weighted by molar-refractivity contribution is 0.0235. The van der Waals surface area contributed by atoms with Crippen molar-refractivity contribution in [1.29, 1.82) is 0 Å². The SMILES string of the molecule is CC(C)(C)OC(=O)N1CCCC1CNc1ccccc1. The van der Waals surface area contributed by atoms with Crippen molar-refractivity contribution in [2.24, 2.45) is 0 Å². The number of likely N-dealkylation sites (tertiary alicyclic amines) is 1. The van der Waals surface area contributed by atoms with Crippen LogP contribution in [0.1, 0.15) is 33.6 Å². The first-order valence-corrected chi connectivity index (χ1v) is 7.24. The maximum atomic E-state index is 12.2. The van der Waals surface area contributed by atoms with Gasteiger partial charge in [0.2, 0.25) is 0 Å². The summed E-state index contributed by atoms with van der Waals surface area (Å²) in [5, 5.41) is 3.38. The summed E-state index contributed by atoms with van der Waals surface area (Å²) in [6.07, 6.45) is 1.87. The lowest BCUT2D eigenvalue weighted by atomic mass is 10.2. The molecular formula is C16H24N2O2. The van der Waals surface area contributed by atoms with E-state index in [-0.39, 0.29) is 12.1 Å². The molecule has 4 heteroatoms. The second-order valence-corrected chi connectivity index (χ2v) is 6.22. The van der Waals surface area contributed by atoms with Crippen LogP contribution in [0.25, 0.3) is 0 Å². The summed E-state index contributed by atoms with van der Waals surface area (Å²) < 4.78 is 5.46. The molecule has 0 spiro atoms. The number of anilines is 1. The van der Waals surface area contributed by atoms with Gasteiger partial charge in [-0.05, 0) is 45.7 Å². The number of ether oxygens (including phenoxy) is 1. The van der Waals surface area contributed by atoms with Crippen LogP contribution in [0.15, 0.2) is 30.3 Å². The molecule has 0 aliphatic carbocycles. The summed E-state index contributed by atoms with van der Waals surface area (Å²) in [6, 6.07) is 10.3. The molecule has 0 bridgehead atoms. The molecule has 1 aromatic carbocycles. The van der Waals surface area contributed by atoms with E-state index in [1.165, 1.54) is 0 Å². The van der Waals surface area contributed by atoms with Crippen molar-refractivity contribution in [2.75, 3.05) is 18.4 Å². The van der Waals surface area contributed by atoms with E-state index in [4.69, 9.17) is 4.74 Å². The van der Waals surface area contributed by atoms with Crippen molar-refractivity contribution in [3.63, 3.8) is 0 Å². The van der Waals surface area contributed by atoms with Gasteiger partial charge >= 0.3 is 6.09 Å². The van der Waals surface area contributed by atoms with Gasteiger partial charge in [0.25, 0.3) is 0 Å². The third kappa shape index (κ3) is 4.15. The number of rotatable bonds is 3. The molecule has 1 aromatic rings. The lowest BCUT2D eigenvalue weighted by Gasteiger charge is -2.28. The Hall–Kier alpha value is -1.71. The van der Waals surface area contributed by atoms with Crippen molar-refractivity contribution in [3.05, 3.63) is 30.3 Å². The van der Waals surface area contributed by atoms with E-state index >= 15 is 0 Å². The molecule has 1 fully saturated rings. The van der Waals surface area contributed by atoms with Gasteiger partial charge in [0.15, 0.2) is 0 Å². The van der Waals surface area contributed by atoms with E-state index in [0.717, 1.165) is 31.6 Å². The third-order valence-electron chi connectivity index (χ3n) is 3.32. The van der Waals surface area contributed by atoms with Crippen molar-refractivity contribution in [2.45, 2.75) is 45.3 Å². The molecule has 1 saturated heterocycles. The van der Waals surface area contributed by atoms with Crippen molar-refractivity contribution in [3.8, 4) is 0 Å². The van der Waals surface area contributed by atoms with Crippen LogP contribution in [-0.2, 0) is 4.74 Å². The molecule has 20 heavy (non-hydrogen) atoms. The van der Waals surface area contributed by atoms with E-state index < -0.39 is 5.60 Å². The smallest absolute Gasteiger partial charge is 0.410 e. The van der Waals surface area contributed by atoms with Crippen molar-refractivity contribution >= 4 is 11.8 Å². The number of hydrogen-bond donors (Lipinski definition) is 1. The molecule has 0 saturated carbocycles. The van der Waals surface area contributed by atoms with Gasteiger partial charge in [-0.25, -0.2) is 4.79 Å². The van der Waals surface area contributed by atoms with E-state index in [1.54, 1.807) is 0 Å². The van der Waals surface area contributed by atoms with Crippen LogP contribution in [0.2, 0.25) is 0 Å². The minimum Gasteiger partial charge on any atom is -0.444 e. The fourth-order valence-corrected chi connectivity index (χ4v) is 2.40. The first kappa shape index (κ1) is 14.7. The van der Waals surface area contributed by atoms with Gasteiger partial charge in [-0.3, -0.25) is 0 Å². The van der Waals surface area contributed by atoms with E-state index in [2.05, 4.69) is 5.32 Å². The number of benzene rings is 1. The largest absolute Gasteiger partial charge is 0.444 e. The summed E-state index contributed by atoms with van der Waals surface area (Å²) in [7, 11) is 0. The highest BCUT2D eigenvalue weighted by Gasteiger charge is 2.31. The number of nitrogens with one attached hydrogen (secondary N) is 1. The van der Waals surface area contributed by atoms with Crippen LogP contribution in [-0.4, -0.2) is 35.7 Å². The van der Waals surface area contributed by atoms with Crippen LogP contribution in [0, 0.1) is 0 Å². The predicted molar refractivity (Wildman–Crippen MR) is 80.9 cm³/mol. The molecule has 1 amide bonds. The van der Waals surface area contributed by atoms with Gasteiger partial charge in [0.05, 0.1) is 6.04 Å². The quantitative estimate of drug-likeness (QED) is 0.918. The van der Waals surface area contributed by atoms with Crippen molar-refractivity contribution < 1.29 is 9.53 Å². The van der Waals surface area contributed by atoms with Gasteiger partial charge in [-0.1, -0.05) is 18.2 Å². The number of nitrogens with zero attached hydrogens (tertiary/aromatic N) is 1. The summed E-state index contributed by atoms with van der Waals surface area (Å²) in [6.45, 7) is 7.26. The zero-order valence-corrected chi connectivity index (χ0v) is 12.6. The second-order valence-electron chi connectivity index (χ2n) is 6.22. The Balaban J connectivity index is 1.89. The average Bonchev–Trinajstić information content (AvgIpc) is 2.84. The van der Waals surface area contributed by atoms with Crippen LogP contribution < -0.4 is 5.32 Å². The number of amides is 1. The molecular weight excluding hydrogens is 252 g/mol. The molecule has 1 atom stereocenters. The zero-order valence-electron chi connectivity index (χ0n) is 12.6. The van der Waals surface area contributed by atoms with Gasteiger partial charge in [-0.2, -0.15) is 0 Å². The van der Waals surface area contributed by atoms with Crippen LogP contribution in [0.5, 0.6) is 0 Å². The Morgan fingerprint density at radius 3 is 2.70 bits per heavy atom. The molecule has 1 aliphatic heterocycles. The van der Waals surface area contributed by atoms with Gasteiger partial charge < -0.3 is 15.0 Å². The number of hydrogen-bond acceptors (Lipinski definition) is 3. The highest BCUT2D eigenvalue weighted by Crippen LogP contribution is 2.21. The molecule has 1 N–H and O–H groups in total. The summed E-state index contributed by atoms with van der Waals surface area (Å²) in [5.74, 6) is 0. The molecule has 1 aliphatic rings. The van der Waals surface area contributed by atoms with Crippen molar-refractivity contribution in [1.82, 2.24) is 4.90 Å². The Kier molecular flexibility index (Phi) is 4.53. The molecule has 0 aromatic heterocycles. The highest BCUT2D eigenvalue weighted by atomic mass is 16.6. The minimum atomic E-state index is -0.433. The first-order valence-electron chi connectivity index (χ1n) is 7.24. The number of carbonyl (C=O) groups excluding carboxylic acids is 1. The summed E-state index contributed by atoms with van der Waals surface area (Å²) >= 11 is 0. The lowest BCUT2D eigenvalue weighted by Crippen LogP contribution is -2.42. The third-order valence-corrected chi connectivity index (χ3v) is 3.32. The Labute approximate surface area is 121 Å². The van der Waals surface area contributed by atoms with E-state index in [1.807, 2.05) is 56.0 Å². The topological polar surface area (TPSA) is 41.6 Å². The second kappa shape index (κ2) is 6.16. The molecule has 110 valence electrons. The summed E-state index contributed by atoms with van der Waals surface area (Å²) in [5.41, 5.74) is 0.653. The Morgan fingerprint density at radius 2 is 2.05 bits per heavy atom. The fraction of sp³-hybridized carbons (Fsp3) is 0.562. The Morgan fingerprint density at radius 1 is 1.35 bits per heavy atom. The fourth-order valence-electron chi connectivity index (χ4n) is 2.40. The van der Waals surface area contributed by atoms with Crippen LogP contribution in [0.3, 0.4) is 0 Å².